The second-order valence-corrected chi connectivity index (χ2v) is 9.66. The molecule has 5 nitrogen and oxygen atoms in total. The van der Waals surface area contributed by atoms with E-state index in [4.69, 9.17) is 23.2 Å². The number of nitrogens with one attached hydrogen (secondary N) is 1. The Kier molecular flexibility index (Phi) is 5.99. The average molecular weight is 452 g/mol. The Bertz CT molecular complexity index is 1170. The van der Waals surface area contributed by atoms with Crippen LogP contribution in [-0.4, -0.2) is 18.2 Å². The Hall–Kier alpha value is -2.02. The third-order valence-corrected chi connectivity index (χ3v) is 7.64. The molecule has 8 heteroatoms. The van der Waals surface area contributed by atoms with E-state index in [0.29, 0.717) is 21.5 Å². The van der Waals surface area contributed by atoms with Gasteiger partial charge in [-0.25, -0.2) is 8.42 Å². The number of rotatable bonds is 5. The van der Waals surface area contributed by atoms with Crippen LogP contribution >= 0.6 is 23.2 Å². The lowest BCUT2D eigenvalue weighted by Gasteiger charge is -2.18. The lowest BCUT2D eigenvalue weighted by atomic mass is 9.95. The molecule has 29 heavy (non-hydrogen) atoms. The molecule has 0 atom stereocenters. The first-order chi connectivity index (χ1) is 13.5. The fourth-order valence-electron chi connectivity index (χ4n) is 3.39. The minimum atomic E-state index is -3.78. The van der Waals surface area contributed by atoms with Crippen LogP contribution in [0.15, 0.2) is 35.4 Å². The lowest BCUT2D eigenvalue weighted by molar-refractivity contribution is 0.599. The second-order valence-electron chi connectivity index (χ2n) is 7.19. The Labute approximate surface area is 181 Å². The van der Waals surface area contributed by atoms with Crippen LogP contribution in [0.1, 0.15) is 33.4 Å². The number of hydrogen-bond donors (Lipinski definition) is 1. The number of nitrogens with zero attached hydrogens (tertiary/aromatic N) is 2. The van der Waals surface area contributed by atoms with E-state index in [1.807, 2.05) is 40.7 Å². The van der Waals surface area contributed by atoms with Gasteiger partial charge in [0.05, 0.1) is 11.4 Å². The maximum atomic E-state index is 13.1. The summed E-state index contributed by atoms with van der Waals surface area (Å²) in [5.74, 6) is 0.254. The number of benzene rings is 2. The third-order valence-electron chi connectivity index (χ3n) is 5.43. The van der Waals surface area contributed by atoms with Gasteiger partial charge in [-0.2, -0.15) is 5.10 Å². The zero-order chi connectivity index (χ0) is 21.5. The minimum absolute atomic E-state index is 0.254. The van der Waals surface area contributed by atoms with Crippen LogP contribution in [0.4, 0.5) is 5.82 Å². The molecule has 1 N–H and O–H groups in total. The van der Waals surface area contributed by atoms with Crippen molar-refractivity contribution in [1.29, 1.82) is 0 Å². The van der Waals surface area contributed by atoms with E-state index in [-0.39, 0.29) is 5.82 Å². The van der Waals surface area contributed by atoms with Gasteiger partial charge >= 0.3 is 0 Å². The Morgan fingerprint density at radius 3 is 2.10 bits per heavy atom. The number of aromatic nitrogens is 2. The molecule has 3 aromatic rings. The van der Waals surface area contributed by atoms with Gasteiger partial charge in [-0.15, -0.1) is 0 Å². The molecule has 0 saturated carbocycles. The molecule has 0 aliphatic rings. The number of hydrogen-bond acceptors (Lipinski definition) is 3. The molecule has 1 heterocycles. The Morgan fingerprint density at radius 1 is 0.931 bits per heavy atom. The van der Waals surface area contributed by atoms with Crippen molar-refractivity contribution in [2.45, 2.75) is 46.1 Å². The summed E-state index contributed by atoms with van der Waals surface area (Å²) < 4.78 is 30.5. The highest BCUT2D eigenvalue weighted by molar-refractivity contribution is 7.92. The van der Waals surface area contributed by atoms with Gasteiger partial charge in [0.1, 0.15) is 0 Å². The number of halogens is 2. The maximum Gasteiger partial charge on any atom is 0.263 e. The number of anilines is 1. The molecule has 1 aromatic heterocycles. The topological polar surface area (TPSA) is 64.0 Å². The molecular formula is C21H23Cl2N3O2S. The first kappa shape index (κ1) is 21.7. The first-order valence-corrected chi connectivity index (χ1v) is 11.3. The summed E-state index contributed by atoms with van der Waals surface area (Å²) in [5, 5.41) is 5.43. The standard InChI is InChI=1S/C21H23Cl2N3O2S/c1-12-13(2)15(4)21(16(5)14(12)3)29(27,28)25-20-8-9-26(24-20)11-17-6-7-18(22)10-19(17)23/h6-10H,11H2,1-5H3,(H,24,25). The van der Waals surface area contributed by atoms with Crippen LogP contribution in [0.25, 0.3) is 0 Å². The van der Waals surface area contributed by atoms with E-state index in [9.17, 15) is 8.42 Å². The molecule has 154 valence electrons. The normalized spacial score (nSPS) is 11.7. The quantitative estimate of drug-likeness (QED) is 0.550. The van der Waals surface area contributed by atoms with Crippen LogP contribution < -0.4 is 4.72 Å². The van der Waals surface area contributed by atoms with Gasteiger partial charge < -0.3 is 0 Å². The van der Waals surface area contributed by atoms with Gasteiger partial charge in [-0.05, 0) is 80.1 Å². The van der Waals surface area contributed by atoms with Crippen molar-refractivity contribution < 1.29 is 8.42 Å². The van der Waals surface area contributed by atoms with Crippen molar-refractivity contribution in [2.75, 3.05) is 4.72 Å². The van der Waals surface area contributed by atoms with Crippen LogP contribution in [0.5, 0.6) is 0 Å². The van der Waals surface area contributed by atoms with Crippen molar-refractivity contribution in [1.82, 2.24) is 9.78 Å². The van der Waals surface area contributed by atoms with E-state index in [0.717, 1.165) is 33.4 Å². The first-order valence-electron chi connectivity index (χ1n) is 9.08. The fraction of sp³-hybridized carbons (Fsp3) is 0.286. The molecule has 3 rings (SSSR count). The zero-order valence-electron chi connectivity index (χ0n) is 17.0. The molecule has 0 saturated heterocycles. The predicted molar refractivity (Wildman–Crippen MR) is 119 cm³/mol. The summed E-state index contributed by atoms with van der Waals surface area (Å²) in [7, 11) is -3.78. The average Bonchev–Trinajstić information content (AvgIpc) is 3.06. The van der Waals surface area contributed by atoms with Crippen LogP contribution in [0, 0.1) is 34.6 Å². The summed E-state index contributed by atoms with van der Waals surface area (Å²) in [6.45, 7) is 9.98. The van der Waals surface area contributed by atoms with Crippen molar-refractivity contribution in [3.8, 4) is 0 Å². The van der Waals surface area contributed by atoms with Gasteiger partial charge in [0.15, 0.2) is 5.82 Å². The smallest absolute Gasteiger partial charge is 0.263 e. The van der Waals surface area contributed by atoms with Crippen molar-refractivity contribution in [3.63, 3.8) is 0 Å². The van der Waals surface area contributed by atoms with Gasteiger partial charge in [0.25, 0.3) is 10.0 Å². The molecule has 0 bridgehead atoms. The van der Waals surface area contributed by atoms with Crippen molar-refractivity contribution in [2.24, 2.45) is 0 Å². The van der Waals surface area contributed by atoms with Gasteiger partial charge in [0.2, 0.25) is 0 Å². The van der Waals surface area contributed by atoms with E-state index in [1.165, 1.54) is 0 Å². The second kappa shape index (κ2) is 8.01. The van der Waals surface area contributed by atoms with E-state index in [1.54, 1.807) is 29.1 Å². The monoisotopic (exact) mass is 451 g/mol. The molecular weight excluding hydrogens is 429 g/mol. The lowest BCUT2D eigenvalue weighted by Crippen LogP contribution is -2.18. The summed E-state index contributed by atoms with van der Waals surface area (Å²) >= 11 is 12.1. The molecule has 0 unspecified atom stereocenters. The molecule has 0 spiro atoms. The fourth-order valence-corrected chi connectivity index (χ4v) is 5.45. The minimum Gasteiger partial charge on any atom is -0.266 e. The maximum absolute atomic E-state index is 13.1. The van der Waals surface area contributed by atoms with Crippen LogP contribution in [-0.2, 0) is 16.6 Å². The molecule has 2 aromatic carbocycles. The van der Waals surface area contributed by atoms with E-state index < -0.39 is 10.0 Å². The number of sulfonamides is 1. The van der Waals surface area contributed by atoms with Crippen molar-refractivity contribution >= 4 is 39.0 Å². The van der Waals surface area contributed by atoms with Gasteiger partial charge in [-0.1, -0.05) is 29.3 Å². The Balaban J connectivity index is 1.90. The molecule has 0 aliphatic carbocycles. The molecule has 0 amide bonds. The highest BCUT2D eigenvalue weighted by Crippen LogP contribution is 2.30. The molecule has 0 fully saturated rings. The van der Waals surface area contributed by atoms with E-state index in [2.05, 4.69) is 9.82 Å². The summed E-state index contributed by atoms with van der Waals surface area (Å²) in [6, 6.07) is 6.86. The highest BCUT2D eigenvalue weighted by Gasteiger charge is 2.24. The Morgan fingerprint density at radius 2 is 1.52 bits per heavy atom. The van der Waals surface area contributed by atoms with Crippen molar-refractivity contribution in [3.05, 3.63) is 73.9 Å². The summed E-state index contributed by atoms with van der Waals surface area (Å²) in [4.78, 5) is 0.313. The molecule has 0 radical (unpaired) electrons. The van der Waals surface area contributed by atoms with Gasteiger partial charge in [-0.3, -0.25) is 9.40 Å². The molecule has 0 aliphatic heterocycles. The predicted octanol–water partition coefficient (Wildman–Crippen LogP) is 5.58. The summed E-state index contributed by atoms with van der Waals surface area (Å²) in [5.41, 5.74) is 5.43. The summed E-state index contributed by atoms with van der Waals surface area (Å²) in [6.07, 6.45) is 1.70. The zero-order valence-corrected chi connectivity index (χ0v) is 19.3. The largest absolute Gasteiger partial charge is 0.266 e. The SMILES string of the molecule is Cc1c(C)c(C)c(S(=O)(=O)Nc2ccn(Cc3ccc(Cl)cc3Cl)n2)c(C)c1C. The van der Waals surface area contributed by atoms with Gasteiger partial charge in [0, 0.05) is 22.3 Å². The highest BCUT2D eigenvalue weighted by atomic mass is 35.5. The van der Waals surface area contributed by atoms with Crippen LogP contribution in [0.3, 0.4) is 0 Å². The third kappa shape index (κ3) is 4.29. The van der Waals surface area contributed by atoms with Crippen LogP contribution in [0.2, 0.25) is 10.0 Å². The van der Waals surface area contributed by atoms with E-state index >= 15 is 0 Å².